The summed E-state index contributed by atoms with van der Waals surface area (Å²) in [7, 11) is 3.07. The monoisotopic (exact) mass is 183 g/mol. The van der Waals surface area contributed by atoms with Gasteiger partial charge in [-0.3, -0.25) is 0 Å². The van der Waals surface area contributed by atoms with E-state index < -0.39 is 0 Å². The molecule has 0 unspecified atom stereocenters. The van der Waals surface area contributed by atoms with E-state index >= 15 is 0 Å². The van der Waals surface area contributed by atoms with Crippen LogP contribution in [-0.2, 0) is 6.61 Å². The Morgan fingerprint density at radius 1 is 1.31 bits per heavy atom. The zero-order valence-electron chi connectivity index (χ0n) is 7.70. The Bertz CT molecular complexity index is 274. The number of hydrogen-bond donors (Lipinski definition) is 2. The molecule has 72 valence electrons. The quantitative estimate of drug-likeness (QED) is 0.679. The van der Waals surface area contributed by atoms with Crippen LogP contribution in [0.1, 0.15) is 5.56 Å². The zero-order chi connectivity index (χ0) is 9.84. The number of ether oxygens (including phenoxy) is 2. The molecule has 0 aromatic heterocycles. The van der Waals surface area contributed by atoms with Crippen molar-refractivity contribution in [2.45, 2.75) is 6.61 Å². The molecule has 0 amide bonds. The first-order valence-electron chi connectivity index (χ1n) is 3.84. The van der Waals surface area contributed by atoms with Gasteiger partial charge in [-0.1, -0.05) is 0 Å². The van der Waals surface area contributed by atoms with Crippen LogP contribution in [0.5, 0.6) is 11.5 Å². The summed E-state index contributed by atoms with van der Waals surface area (Å²) >= 11 is 0. The molecule has 0 aliphatic carbocycles. The molecule has 0 atom stereocenters. The molecule has 1 rings (SSSR count). The van der Waals surface area contributed by atoms with E-state index in [1.54, 1.807) is 19.2 Å². The summed E-state index contributed by atoms with van der Waals surface area (Å²) in [6.45, 7) is -0.126. The highest BCUT2D eigenvalue weighted by molar-refractivity contribution is 5.61. The summed E-state index contributed by atoms with van der Waals surface area (Å²) in [5.74, 6) is 1.14. The van der Waals surface area contributed by atoms with Gasteiger partial charge in [0, 0.05) is 11.6 Å². The number of anilines is 1. The summed E-state index contributed by atoms with van der Waals surface area (Å²) in [4.78, 5) is 0. The van der Waals surface area contributed by atoms with Crippen LogP contribution < -0.4 is 15.2 Å². The van der Waals surface area contributed by atoms with E-state index in [4.69, 9.17) is 20.3 Å². The molecule has 4 heteroatoms. The number of aliphatic hydroxyl groups is 1. The first-order chi connectivity index (χ1) is 6.22. The number of aliphatic hydroxyl groups excluding tert-OH is 1. The average Bonchev–Trinajstić information content (AvgIpc) is 2.18. The van der Waals surface area contributed by atoms with Crippen LogP contribution in [0.2, 0.25) is 0 Å². The van der Waals surface area contributed by atoms with Gasteiger partial charge in [0.05, 0.1) is 26.5 Å². The molecular weight excluding hydrogens is 170 g/mol. The van der Waals surface area contributed by atoms with Gasteiger partial charge in [0.25, 0.3) is 0 Å². The van der Waals surface area contributed by atoms with Crippen molar-refractivity contribution >= 4 is 5.69 Å². The van der Waals surface area contributed by atoms with Crippen molar-refractivity contribution in [1.82, 2.24) is 0 Å². The molecule has 0 heterocycles. The second-order valence-corrected chi connectivity index (χ2v) is 2.56. The summed E-state index contributed by atoms with van der Waals surface area (Å²) in [6, 6.07) is 3.35. The average molecular weight is 183 g/mol. The predicted molar refractivity (Wildman–Crippen MR) is 49.9 cm³/mol. The van der Waals surface area contributed by atoms with E-state index in [9.17, 15) is 0 Å². The van der Waals surface area contributed by atoms with E-state index in [1.807, 2.05) is 0 Å². The number of methoxy groups -OCH3 is 2. The van der Waals surface area contributed by atoms with Gasteiger partial charge in [-0.25, -0.2) is 0 Å². The summed E-state index contributed by atoms with van der Waals surface area (Å²) < 4.78 is 10.0. The molecule has 1 aromatic rings. The second-order valence-electron chi connectivity index (χ2n) is 2.56. The number of nitrogens with two attached hydrogens (primary N) is 1. The van der Waals surface area contributed by atoms with Crippen molar-refractivity contribution in [2.75, 3.05) is 20.0 Å². The highest BCUT2D eigenvalue weighted by Gasteiger charge is 2.07. The fourth-order valence-electron chi connectivity index (χ4n) is 1.07. The lowest BCUT2D eigenvalue weighted by Gasteiger charge is -2.10. The summed E-state index contributed by atoms with van der Waals surface area (Å²) in [6.07, 6.45) is 0. The van der Waals surface area contributed by atoms with Crippen LogP contribution in [0.4, 0.5) is 5.69 Å². The summed E-state index contributed by atoms with van der Waals surface area (Å²) in [5.41, 5.74) is 6.74. The molecule has 0 saturated carbocycles. The minimum atomic E-state index is -0.126. The van der Waals surface area contributed by atoms with Crippen molar-refractivity contribution in [2.24, 2.45) is 0 Å². The minimum absolute atomic E-state index is 0.126. The van der Waals surface area contributed by atoms with Gasteiger partial charge in [-0.05, 0) is 6.07 Å². The Morgan fingerprint density at radius 3 is 2.46 bits per heavy atom. The molecule has 0 aliphatic rings. The van der Waals surface area contributed by atoms with Crippen molar-refractivity contribution in [3.63, 3.8) is 0 Å². The van der Waals surface area contributed by atoms with Gasteiger partial charge in [0.1, 0.15) is 11.5 Å². The Hall–Kier alpha value is -1.42. The maximum absolute atomic E-state index is 8.97. The minimum Gasteiger partial charge on any atom is -0.497 e. The molecule has 4 nitrogen and oxygen atoms in total. The standard InChI is InChI=1S/C9H13NO3/c1-12-7-3-6(5-11)9(10)8(4-7)13-2/h3-4,11H,5,10H2,1-2H3. The van der Waals surface area contributed by atoms with E-state index in [1.165, 1.54) is 7.11 Å². The molecular formula is C9H13NO3. The van der Waals surface area contributed by atoms with Crippen molar-refractivity contribution < 1.29 is 14.6 Å². The number of rotatable bonds is 3. The Balaban J connectivity index is 3.20. The lowest BCUT2D eigenvalue weighted by Crippen LogP contribution is -1.99. The molecule has 0 spiro atoms. The van der Waals surface area contributed by atoms with E-state index in [0.29, 0.717) is 22.7 Å². The highest BCUT2D eigenvalue weighted by Crippen LogP contribution is 2.30. The number of nitrogen functional groups attached to an aromatic ring is 1. The van der Waals surface area contributed by atoms with Gasteiger partial charge in [0.2, 0.25) is 0 Å². The lowest BCUT2D eigenvalue weighted by atomic mass is 10.1. The largest absolute Gasteiger partial charge is 0.497 e. The predicted octanol–water partition coefficient (Wildman–Crippen LogP) is 0.778. The molecule has 0 fully saturated rings. The molecule has 13 heavy (non-hydrogen) atoms. The fraction of sp³-hybridized carbons (Fsp3) is 0.333. The van der Waals surface area contributed by atoms with Crippen LogP contribution in [0.3, 0.4) is 0 Å². The van der Waals surface area contributed by atoms with Crippen LogP contribution in [-0.4, -0.2) is 19.3 Å². The van der Waals surface area contributed by atoms with Crippen LogP contribution >= 0.6 is 0 Å². The number of benzene rings is 1. The number of hydrogen-bond acceptors (Lipinski definition) is 4. The Kier molecular flexibility index (Phi) is 2.97. The van der Waals surface area contributed by atoms with Crippen LogP contribution in [0.25, 0.3) is 0 Å². The summed E-state index contributed by atoms with van der Waals surface area (Å²) in [5, 5.41) is 8.97. The molecule has 3 N–H and O–H groups in total. The SMILES string of the molecule is COc1cc(CO)c(N)c(OC)c1. The van der Waals surface area contributed by atoms with E-state index in [2.05, 4.69) is 0 Å². The van der Waals surface area contributed by atoms with Gasteiger partial charge in [-0.15, -0.1) is 0 Å². The Labute approximate surface area is 76.9 Å². The molecule has 1 aromatic carbocycles. The van der Waals surface area contributed by atoms with Crippen molar-refractivity contribution in [3.8, 4) is 11.5 Å². The first-order valence-corrected chi connectivity index (χ1v) is 3.84. The molecule has 0 radical (unpaired) electrons. The molecule has 0 aliphatic heterocycles. The van der Waals surface area contributed by atoms with Crippen molar-refractivity contribution in [1.29, 1.82) is 0 Å². The third kappa shape index (κ3) is 1.84. The van der Waals surface area contributed by atoms with Gasteiger partial charge < -0.3 is 20.3 Å². The third-order valence-electron chi connectivity index (χ3n) is 1.83. The maximum Gasteiger partial charge on any atom is 0.145 e. The van der Waals surface area contributed by atoms with Crippen LogP contribution in [0, 0.1) is 0 Å². The smallest absolute Gasteiger partial charge is 0.145 e. The molecule has 0 bridgehead atoms. The van der Waals surface area contributed by atoms with Gasteiger partial charge in [0.15, 0.2) is 0 Å². The van der Waals surface area contributed by atoms with Crippen molar-refractivity contribution in [3.05, 3.63) is 17.7 Å². The van der Waals surface area contributed by atoms with Crippen LogP contribution in [0.15, 0.2) is 12.1 Å². The molecule has 0 saturated heterocycles. The normalized spacial score (nSPS) is 9.77. The highest BCUT2D eigenvalue weighted by atomic mass is 16.5. The lowest BCUT2D eigenvalue weighted by molar-refractivity contribution is 0.281. The maximum atomic E-state index is 8.97. The van der Waals surface area contributed by atoms with E-state index in [-0.39, 0.29) is 6.61 Å². The Morgan fingerprint density at radius 2 is 2.00 bits per heavy atom. The topological polar surface area (TPSA) is 64.7 Å². The second kappa shape index (κ2) is 4.00. The van der Waals surface area contributed by atoms with E-state index in [0.717, 1.165) is 0 Å². The third-order valence-corrected chi connectivity index (χ3v) is 1.83. The van der Waals surface area contributed by atoms with Gasteiger partial charge >= 0.3 is 0 Å². The first kappa shape index (κ1) is 9.67. The zero-order valence-corrected chi connectivity index (χ0v) is 7.70. The fourth-order valence-corrected chi connectivity index (χ4v) is 1.07. The van der Waals surface area contributed by atoms with Gasteiger partial charge in [-0.2, -0.15) is 0 Å².